The van der Waals surface area contributed by atoms with E-state index in [-0.39, 0.29) is 23.0 Å². The van der Waals surface area contributed by atoms with E-state index in [1.54, 1.807) is 23.9 Å². The minimum atomic E-state index is -0.708. The van der Waals surface area contributed by atoms with Gasteiger partial charge < -0.3 is 5.32 Å². The molecule has 3 aromatic rings. The lowest BCUT2D eigenvalue weighted by molar-refractivity contribution is -0.124. The van der Waals surface area contributed by atoms with Crippen molar-refractivity contribution in [3.8, 4) is 5.69 Å². The third-order valence-corrected chi connectivity index (χ3v) is 5.83. The zero-order valence-electron chi connectivity index (χ0n) is 15.9. The Morgan fingerprint density at radius 2 is 1.71 bits per heavy atom. The van der Waals surface area contributed by atoms with Gasteiger partial charge in [-0.1, -0.05) is 36.8 Å². The predicted octanol–water partition coefficient (Wildman–Crippen LogP) is 3.68. The number of nitrogens with one attached hydrogen (secondary N) is 1. The Morgan fingerprint density at radius 3 is 2.29 bits per heavy atom. The number of nitrogens with zero attached hydrogens (tertiary/aromatic N) is 2. The normalized spacial score (nSPS) is 15.1. The largest absolute Gasteiger partial charge is 0.319 e. The first-order chi connectivity index (χ1) is 13.4. The molecular weight excluding hydrogens is 357 g/mol. The number of amides is 1. The molecule has 1 aromatic heterocycles. The van der Waals surface area contributed by atoms with Crippen molar-refractivity contribution in [2.45, 2.75) is 31.6 Å². The smallest absolute Gasteiger partial charge is 0.295 e. The van der Waals surface area contributed by atoms with Gasteiger partial charge in [0.1, 0.15) is 11.5 Å². The summed E-state index contributed by atoms with van der Waals surface area (Å²) in [5.41, 5.74) is 1.50. The molecule has 4 rings (SSSR count). The number of hydrogen-bond acceptors (Lipinski definition) is 2. The standard InChI is InChI=1S/C22H22FN3O2/c1-15-19(20(27)26(25(15)2)18-7-4-3-5-8-18)24-21(28)22(13-6-14-22)16-9-11-17(23)12-10-16/h3-5,7-12H,6,13-14H2,1-2H3,(H,24,28). The Balaban J connectivity index is 1.70. The second-order valence-electron chi connectivity index (χ2n) is 7.33. The molecule has 1 aliphatic rings. The van der Waals surface area contributed by atoms with Crippen LogP contribution in [-0.4, -0.2) is 15.3 Å². The van der Waals surface area contributed by atoms with Crippen molar-refractivity contribution < 1.29 is 9.18 Å². The molecule has 0 aliphatic heterocycles. The molecule has 144 valence electrons. The third kappa shape index (κ3) is 2.76. The van der Waals surface area contributed by atoms with E-state index in [1.807, 2.05) is 37.3 Å². The van der Waals surface area contributed by atoms with Gasteiger partial charge in [-0.25, -0.2) is 9.07 Å². The van der Waals surface area contributed by atoms with E-state index >= 15 is 0 Å². The van der Waals surface area contributed by atoms with E-state index in [0.29, 0.717) is 18.5 Å². The van der Waals surface area contributed by atoms with Gasteiger partial charge in [0.15, 0.2) is 0 Å². The molecule has 1 N–H and O–H groups in total. The fourth-order valence-electron chi connectivity index (χ4n) is 3.89. The van der Waals surface area contributed by atoms with Crippen LogP contribution in [0.3, 0.4) is 0 Å². The van der Waals surface area contributed by atoms with Gasteiger partial charge in [0.05, 0.1) is 16.8 Å². The summed E-state index contributed by atoms with van der Waals surface area (Å²) in [5.74, 6) is -0.542. The van der Waals surface area contributed by atoms with Crippen LogP contribution in [0.25, 0.3) is 5.69 Å². The topological polar surface area (TPSA) is 56.0 Å². The molecule has 0 atom stereocenters. The van der Waals surface area contributed by atoms with Crippen molar-refractivity contribution in [3.63, 3.8) is 0 Å². The number of carbonyl (C=O) groups is 1. The molecule has 5 nitrogen and oxygen atoms in total. The molecule has 1 aliphatic carbocycles. The summed E-state index contributed by atoms with van der Waals surface area (Å²) in [5, 5.41) is 2.88. The summed E-state index contributed by atoms with van der Waals surface area (Å²) >= 11 is 0. The fraction of sp³-hybridized carbons (Fsp3) is 0.273. The zero-order chi connectivity index (χ0) is 19.9. The van der Waals surface area contributed by atoms with E-state index in [9.17, 15) is 14.0 Å². The number of para-hydroxylation sites is 1. The molecule has 2 aromatic carbocycles. The molecule has 1 saturated carbocycles. The molecule has 1 fully saturated rings. The maximum atomic E-state index is 13.3. The van der Waals surface area contributed by atoms with Gasteiger partial charge in [-0.3, -0.25) is 14.3 Å². The second kappa shape index (κ2) is 6.78. The maximum absolute atomic E-state index is 13.3. The van der Waals surface area contributed by atoms with Gasteiger partial charge in [0.25, 0.3) is 5.56 Å². The van der Waals surface area contributed by atoms with Crippen LogP contribution < -0.4 is 10.9 Å². The number of halogens is 1. The van der Waals surface area contributed by atoms with Crippen LogP contribution in [0, 0.1) is 12.7 Å². The summed E-state index contributed by atoms with van der Waals surface area (Å²) in [7, 11) is 1.79. The minimum Gasteiger partial charge on any atom is -0.319 e. The molecule has 6 heteroatoms. The summed E-state index contributed by atoms with van der Waals surface area (Å²) in [6.07, 6.45) is 2.29. The highest BCUT2D eigenvalue weighted by molar-refractivity contribution is 6.00. The first-order valence-electron chi connectivity index (χ1n) is 9.35. The molecule has 28 heavy (non-hydrogen) atoms. The van der Waals surface area contributed by atoms with Crippen LogP contribution in [0.1, 0.15) is 30.5 Å². The van der Waals surface area contributed by atoms with Crippen molar-refractivity contribution >= 4 is 11.6 Å². The second-order valence-corrected chi connectivity index (χ2v) is 7.33. The number of hydrogen-bond donors (Lipinski definition) is 1. The Hall–Kier alpha value is -3.15. The molecule has 1 amide bonds. The van der Waals surface area contributed by atoms with Gasteiger partial charge in [-0.15, -0.1) is 0 Å². The Labute approximate surface area is 162 Å². The van der Waals surface area contributed by atoms with E-state index in [1.165, 1.54) is 16.8 Å². The van der Waals surface area contributed by atoms with Gasteiger partial charge in [-0.05, 0) is 49.6 Å². The van der Waals surface area contributed by atoms with Crippen LogP contribution in [-0.2, 0) is 17.3 Å². The SMILES string of the molecule is Cc1c(NC(=O)C2(c3ccc(F)cc3)CCC2)c(=O)n(-c2ccccc2)n1C. The molecule has 0 bridgehead atoms. The van der Waals surface area contributed by atoms with Crippen molar-refractivity contribution in [1.82, 2.24) is 9.36 Å². The lowest BCUT2D eigenvalue weighted by Gasteiger charge is -2.40. The van der Waals surface area contributed by atoms with Crippen molar-refractivity contribution in [3.05, 3.63) is 82.0 Å². The van der Waals surface area contributed by atoms with Gasteiger partial charge >= 0.3 is 0 Å². The third-order valence-electron chi connectivity index (χ3n) is 5.83. The lowest BCUT2D eigenvalue weighted by Crippen LogP contribution is -2.46. The minimum absolute atomic E-state index is 0.212. The quantitative estimate of drug-likeness (QED) is 0.752. The van der Waals surface area contributed by atoms with Gasteiger partial charge in [0, 0.05) is 7.05 Å². The molecular formula is C22H22FN3O2. The summed E-state index contributed by atoms with van der Waals surface area (Å²) in [6.45, 7) is 1.81. The van der Waals surface area contributed by atoms with Crippen LogP contribution in [0.5, 0.6) is 0 Å². The first-order valence-corrected chi connectivity index (χ1v) is 9.35. The highest BCUT2D eigenvalue weighted by atomic mass is 19.1. The Morgan fingerprint density at radius 1 is 1.07 bits per heavy atom. The molecule has 0 spiro atoms. The number of anilines is 1. The van der Waals surface area contributed by atoms with Crippen LogP contribution in [0.15, 0.2) is 59.4 Å². The van der Waals surface area contributed by atoms with E-state index in [0.717, 1.165) is 17.7 Å². The van der Waals surface area contributed by atoms with Crippen LogP contribution >= 0.6 is 0 Å². The van der Waals surface area contributed by atoms with Gasteiger partial charge in [-0.2, -0.15) is 0 Å². The summed E-state index contributed by atoms with van der Waals surface area (Å²) < 4.78 is 16.6. The highest BCUT2D eigenvalue weighted by Crippen LogP contribution is 2.44. The average Bonchev–Trinajstić information content (AvgIpc) is 2.86. The maximum Gasteiger partial charge on any atom is 0.295 e. The van der Waals surface area contributed by atoms with Gasteiger partial charge in [0.2, 0.25) is 5.91 Å². The highest BCUT2D eigenvalue weighted by Gasteiger charge is 2.46. The molecule has 0 saturated heterocycles. The van der Waals surface area contributed by atoms with Crippen LogP contribution in [0.2, 0.25) is 0 Å². The summed E-state index contributed by atoms with van der Waals surface area (Å²) in [4.78, 5) is 26.2. The lowest BCUT2D eigenvalue weighted by atomic mass is 9.64. The number of aromatic nitrogens is 2. The molecule has 0 unspecified atom stereocenters. The molecule has 0 radical (unpaired) electrons. The number of rotatable bonds is 4. The van der Waals surface area contributed by atoms with Crippen molar-refractivity contribution in [2.24, 2.45) is 7.05 Å². The van der Waals surface area contributed by atoms with Crippen molar-refractivity contribution in [2.75, 3.05) is 5.32 Å². The van der Waals surface area contributed by atoms with Crippen molar-refractivity contribution in [1.29, 1.82) is 0 Å². The number of benzene rings is 2. The van der Waals surface area contributed by atoms with E-state index in [2.05, 4.69) is 5.32 Å². The van der Waals surface area contributed by atoms with E-state index in [4.69, 9.17) is 0 Å². The van der Waals surface area contributed by atoms with Crippen LogP contribution in [0.4, 0.5) is 10.1 Å². The monoisotopic (exact) mass is 379 g/mol. The Kier molecular flexibility index (Phi) is 4.41. The number of carbonyl (C=O) groups excluding carboxylic acids is 1. The average molecular weight is 379 g/mol. The zero-order valence-corrected chi connectivity index (χ0v) is 15.9. The van der Waals surface area contributed by atoms with E-state index < -0.39 is 5.41 Å². The molecule has 1 heterocycles. The predicted molar refractivity (Wildman–Crippen MR) is 106 cm³/mol. The Bertz CT molecular complexity index is 1080. The first kappa shape index (κ1) is 18.2. The fourth-order valence-corrected chi connectivity index (χ4v) is 3.89. The summed E-state index contributed by atoms with van der Waals surface area (Å²) in [6, 6.07) is 15.4.